The first-order chi connectivity index (χ1) is 6.93. The van der Waals surface area contributed by atoms with Crippen molar-refractivity contribution in [2.24, 2.45) is 20.2 Å². The minimum Gasteiger partial charge on any atom is -0.268 e. The quantitative estimate of drug-likeness (QED) is 0.615. The lowest BCUT2D eigenvalue weighted by Crippen LogP contribution is -1.88. The Morgan fingerprint density at radius 2 is 2.07 bits per heavy atom. The second-order valence-corrected chi connectivity index (χ2v) is 2.33. The van der Waals surface area contributed by atoms with Gasteiger partial charge in [0.25, 0.3) is 0 Å². The Morgan fingerprint density at radius 1 is 1.29 bits per heavy atom. The smallest absolute Gasteiger partial charge is 0.109 e. The van der Waals surface area contributed by atoms with Gasteiger partial charge in [-0.1, -0.05) is 20.8 Å². The Balaban J connectivity index is 0.000000213. The molecule has 0 spiro atoms. The Bertz CT molecular complexity index is 229. The standard InChI is InChI=1S/C5H8N2.C3H4N2.C2H6/c1-2-5-3-4-6-7-5;1-2-5-3-4-1;1-2/h4H,2-3H2,1H3;1,3H,2H2;1-2H3. The van der Waals surface area contributed by atoms with Gasteiger partial charge in [-0.2, -0.15) is 10.2 Å². The van der Waals surface area contributed by atoms with Crippen LogP contribution in [0.15, 0.2) is 20.2 Å². The molecule has 0 aromatic carbocycles. The van der Waals surface area contributed by atoms with Crippen LogP contribution in [0.3, 0.4) is 0 Å². The molecule has 0 amide bonds. The van der Waals surface area contributed by atoms with Gasteiger partial charge in [-0.3, -0.25) is 4.99 Å². The molecule has 0 aromatic heterocycles. The Kier molecular flexibility index (Phi) is 8.84. The first kappa shape index (κ1) is 12.7. The lowest BCUT2D eigenvalue weighted by molar-refractivity contribution is 1.20. The van der Waals surface area contributed by atoms with E-state index in [-0.39, 0.29) is 0 Å². The van der Waals surface area contributed by atoms with Crippen LogP contribution in [0.25, 0.3) is 0 Å². The van der Waals surface area contributed by atoms with Crippen molar-refractivity contribution >= 4 is 24.5 Å². The summed E-state index contributed by atoms with van der Waals surface area (Å²) in [5, 5.41) is 7.54. The van der Waals surface area contributed by atoms with Gasteiger partial charge in [0.2, 0.25) is 0 Å². The minimum atomic E-state index is 0.778. The largest absolute Gasteiger partial charge is 0.268 e. The van der Waals surface area contributed by atoms with Crippen molar-refractivity contribution in [3.63, 3.8) is 0 Å². The van der Waals surface area contributed by atoms with Gasteiger partial charge in [-0.15, -0.1) is 0 Å². The van der Waals surface area contributed by atoms with Crippen LogP contribution in [0.1, 0.15) is 33.6 Å². The topological polar surface area (TPSA) is 49.4 Å². The van der Waals surface area contributed by atoms with E-state index in [1.807, 2.05) is 20.1 Å². The van der Waals surface area contributed by atoms with Crippen LogP contribution in [-0.2, 0) is 0 Å². The molecular formula is C10H18N4. The molecule has 0 bridgehead atoms. The van der Waals surface area contributed by atoms with E-state index in [1.165, 1.54) is 5.71 Å². The molecule has 2 aliphatic heterocycles. The van der Waals surface area contributed by atoms with Gasteiger partial charge in [-0.25, -0.2) is 4.99 Å². The molecule has 4 nitrogen and oxygen atoms in total. The number of aliphatic imine (C=N–C) groups is 2. The monoisotopic (exact) mass is 194 g/mol. The molecule has 2 heterocycles. The predicted molar refractivity (Wildman–Crippen MR) is 64.0 cm³/mol. The highest BCUT2D eigenvalue weighted by atomic mass is 15.2. The van der Waals surface area contributed by atoms with E-state index >= 15 is 0 Å². The van der Waals surface area contributed by atoms with Gasteiger partial charge >= 0.3 is 0 Å². The fourth-order valence-corrected chi connectivity index (χ4v) is 0.760. The Hall–Kier alpha value is -1.32. The highest BCUT2D eigenvalue weighted by Gasteiger charge is 1.96. The van der Waals surface area contributed by atoms with Crippen LogP contribution < -0.4 is 0 Å². The van der Waals surface area contributed by atoms with Crippen LogP contribution in [0.5, 0.6) is 0 Å². The van der Waals surface area contributed by atoms with Gasteiger partial charge in [0, 0.05) is 24.6 Å². The average molecular weight is 194 g/mol. The number of hydrogen-bond donors (Lipinski definition) is 0. The van der Waals surface area contributed by atoms with Gasteiger partial charge in [-0.05, 0) is 6.42 Å². The molecule has 0 radical (unpaired) electrons. The number of hydrogen-bond acceptors (Lipinski definition) is 4. The van der Waals surface area contributed by atoms with Crippen molar-refractivity contribution in [1.82, 2.24) is 0 Å². The van der Waals surface area contributed by atoms with Gasteiger partial charge in [0.15, 0.2) is 0 Å². The summed E-state index contributed by atoms with van der Waals surface area (Å²) in [4.78, 5) is 7.40. The van der Waals surface area contributed by atoms with Crippen molar-refractivity contribution in [2.45, 2.75) is 33.6 Å². The summed E-state index contributed by atoms with van der Waals surface area (Å²) >= 11 is 0. The molecule has 4 heteroatoms. The fourth-order valence-electron chi connectivity index (χ4n) is 0.760. The van der Waals surface area contributed by atoms with Crippen LogP contribution in [-0.4, -0.2) is 31.0 Å². The van der Waals surface area contributed by atoms with Crippen LogP contribution >= 0.6 is 0 Å². The van der Waals surface area contributed by atoms with Crippen molar-refractivity contribution in [3.05, 3.63) is 0 Å². The SMILES string of the molecule is C1=NC=NC1.CC.CCC1=NN=CC1. The van der Waals surface area contributed by atoms with Crippen molar-refractivity contribution in [1.29, 1.82) is 0 Å². The van der Waals surface area contributed by atoms with Crippen molar-refractivity contribution < 1.29 is 0 Å². The highest BCUT2D eigenvalue weighted by molar-refractivity contribution is 5.97. The van der Waals surface area contributed by atoms with E-state index < -0.39 is 0 Å². The molecule has 0 aliphatic carbocycles. The molecule has 78 valence electrons. The van der Waals surface area contributed by atoms with Crippen molar-refractivity contribution in [3.8, 4) is 0 Å². The Morgan fingerprint density at radius 3 is 2.29 bits per heavy atom. The van der Waals surface area contributed by atoms with Crippen LogP contribution in [0, 0.1) is 0 Å². The third-order valence-electron chi connectivity index (χ3n) is 1.46. The van der Waals surface area contributed by atoms with E-state index in [0.717, 1.165) is 19.4 Å². The summed E-state index contributed by atoms with van der Waals surface area (Å²) in [5.41, 5.74) is 1.19. The molecule has 0 saturated carbocycles. The summed E-state index contributed by atoms with van der Waals surface area (Å²) in [6.07, 6.45) is 7.16. The predicted octanol–water partition coefficient (Wildman–Crippen LogP) is 2.35. The molecule has 2 rings (SSSR count). The minimum absolute atomic E-state index is 0.778. The fraction of sp³-hybridized carbons (Fsp3) is 0.600. The summed E-state index contributed by atoms with van der Waals surface area (Å²) in [6, 6.07) is 0. The maximum Gasteiger partial charge on any atom is 0.109 e. The first-order valence-electron chi connectivity index (χ1n) is 5.00. The van der Waals surface area contributed by atoms with E-state index in [4.69, 9.17) is 0 Å². The third kappa shape index (κ3) is 6.22. The Labute approximate surface area is 85.6 Å². The lowest BCUT2D eigenvalue weighted by atomic mass is 10.2. The highest BCUT2D eigenvalue weighted by Crippen LogP contribution is 1.96. The first-order valence-corrected chi connectivity index (χ1v) is 5.00. The molecule has 0 fully saturated rings. The summed E-state index contributed by atoms with van der Waals surface area (Å²) < 4.78 is 0. The van der Waals surface area contributed by atoms with Gasteiger partial charge in [0.05, 0.1) is 6.54 Å². The maximum absolute atomic E-state index is 3.84. The molecule has 0 saturated heterocycles. The zero-order valence-corrected chi connectivity index (χ0v) is 9.14. The normalized spacial score (nSPS) is 15.5. The zero-order valence-electron chi connectivity index (χ0n) is 9.14. The molecule has 0 aromatic rings. The average Bonchev–Trinajstić information content (AvgIpc) is 2.97. The summed E-state index contributed by atoms with van der Waals surface area (Å²) in [7, 11) is 0. The van der Waals surface area contributed by atoms with Gasteiger partial charge < -0.3 is 0 Å². The van der Waals surface area contributed by atoms with E-state index in [1.54, 1.807) is 12.6 Å². The molecule has 14 heavy (non-hydrogen) atoms. The maximum atomic E-state index is 3.84. The second kappa shape index (κ2) is 9.77. The van der Waals surface area contributed by atoms with Crippen LogP contribution in [0.4, 0.5) is 0 Å². The van der Waals surface area contributed by atoms with E-state index in [0.29, 0.717) is 0 Å². The zero-order chi connectivity index (χ0) is 10.6. The van der Waals surface area contributed by atoms with E-state index in [9.17, 15) is 0 Å². The molecule has 0 N–H and O–H groups in total. The van der Waals surface area contributed by atoms with Crippen LogP contribution in [0.2, 0.25) is 0 Å². The second-order valence-electron chi connectivity index (χ2n) is 2.33. The molecular weight excluding hydrogens is 176 g/mol. The molecule has 0 atom stereocenters. The van der Waals surface area contributed by atoms with Crippen molar-refractivity contribution in [2.75, 3.05) is 6.54 Å². The molecule has 2 aliphatic rings. The number of nitrogens with zero attached hydrogens (tertiary/aromatic N) is 4. The third-order valence-corrected chi connectivity index (χ3v) is 1.46. The van der Waals surface area contributed by atoms with Gasteiger partial charge in [0.1, 0.15) is 6.34 Å². The molecule has 0 unspecified atom stereocenters. The summed E-state index contributed by atoms with van der Waals surface area (Å²) in [6.45, 7) is 6.87. The summed E-state index contributed by atoms with van der Waals surface area (Å²) in [5.74, 6) is 0. The van der Waals surface area contributed by atoms with E-state index in [2.05, 4.69) is 27.1 Å². The number of rotatable bonds is 1. The lowest BCUT2D eigenvalue weighted by Gasteiger charge is -1.83.